The van der Waals surface area contributed by atoms with Crippen molar-refractivity contribution >= 4 is 41.0 Å². The standard InChI is InChI=1S/C42H57N5O6S/c1-27(12-21-36(43)49)29(3)53-25-32-15-13-30(14-16-32)10-8-7-9-11-37(50)46-39(42(4,5)6)41(52)47-24-34(48)22-35(47)40(51)44-23-31-17-19-33(20-18-31)38-28(2)45-26-54-38/h8,10,13-20,26-27,29,34-35,39,48H,7,9,11-12,21-25H2,1-6H3,(H2,43,49)(H,44,51)(H,46,50)/b10-8+/t27-,29+,34+,35-,39+/m0/s1. The second-order valence-corrected chi connectivity index (χ2v) is 16.3. The highest BCUT2D eigenvalue weighted by Crippen LogP contribution is 2.28. The van der Waals surface area contributed by atoms with E-state index in [1.165, 1.54) is 4.90 Å². The van der Waals surface area contributed by atoms with Gasteiger partial charge in [-0.05, 0) is 66.7 Å². The molecule has 0 saturated carbocycles. The number of hydrogen-bond acceptors (Lipinski definition) is 8. The van der Waals surface area contributed by atoms with Gasteiger partial charge in [-0.3, -0.25) is 19.2 Å². The Morgan fingerprint density at radius 3 is 2.37 bits per heavy atom. The second kappa shape index (κ2) is 19.8. The maximum absolute atomic E-state index is 13.9. The predicted octanol–water partition coefficient (Wildman–Crippen LogP) is 5.92. The van der Waals surface area contributed by atoms with Crippen molar-refractivity contribution in [2.45, 2.75) is 118 Å². The number of unbranched alkanes of at least 4 members (excludes halogenated alkanes) is 1. The molecule has 1 fully saturated rings. The lowest BCUT2D eigenvalue weighted by Gasteiger charge is -2.35. The van der Waals surface area contributed by atoms with Gasteiger partial charge in [-0.15, -0.1) is 11.3 Å². The van der Waals surface area contributed by atoms with E-state index in [9.17, 15) is 24.3 Å². The molecule has 11 nitrogen and oxygen atoms in total. The quantitative estimate of drug-likeness (QED) is 0.117. The van der Waals surface area contributed by atoms with Gasteiger partial charge < -0.3 is 31.1 Å². The van der Waals surface area contributed by atoms with Gasteiger partial charge in [0.05, 0.1) is 34.9 Å². The average Bonchev–Trinajstić information content (AvgIpc) is 3.75. The monoisotopic (exact) mass is 759 g/mol. The van der Waals surface area contributed by atoms with E-state index in [1.807, 2.05) is 101 Å². The molecule has 12 heteroatoms. The number of primary amides is 1. The molecule has 0 unspecified atom stereocenters. The Balaban J connectivity index is 1.23. The van der Waals surface area contributed by atoms with Crippen molar-refractivity contribution in [2.24, 2.45) is 17.1 Å². The molecule has 3 aromatic rings. The molecule has 0 aliphatic carbocycles. The Hall–Kier alpha value is -4.39. The van der Waals surface area contributed by atoms with Crippen LogP contribution in [-0.2, 0) is 37.1 Å². The maximum atomic E-state index is 13.9. The van der Waals surface area contributed by atoms with Crippen LogP contribution >= 0.6 is 11.3 Å². The summed E-state index contributed by atoms with van der Waals surface area (Å²) in [4.78, 5) is 58.3. The van der Waals surface area contributed by atoms with Crippen LogP contribution in [0.15, 0.2) is 60.1 Å². The SMILES string of the molecule is Cc1ncsc1-c1ccc(CNC(=O)[C@@H]2C[C@@H](O)CN2C(=O)[C@@H](NC(=O)CCC/C=C/c2ccc(CO[C@H](C)[C@@H](C)CCC(N)=O)cc2)C(C)(C)C)cc1. The Bertz CT molecular complexity index is 1730. The van der Waals surface area contributed by atoms with Gasteiger partial charge in [0.25, 0.3) is 0 Å². The van der Waals surface area contributed by atoms with Crippen LogP contribution in [0.4, 0.5) is 0 Å². The number of allylic oxidation sites excluding steroid dienone is 1. The summed E-state index contributed by atoms with van der Waals surface area (Å²) < 4.78 is 5.99. The topological polar surface area (TPSA) is 164 Å². The first-order valence-corrected chi connectivity index (χ1v) is 19.7. The van der Waals surface area contributed by atoms with E-state index in [0.29, 0.717) is 32.3 Å². The smallest absolute Gasteiger partial charge is 0.246 e. The van der Waals surface area contributed by atoms with E-state index < -0.39 is 23.6 Å². The van der Waals surface area contributed by atoms with Crippen molar-refractivity contribution in [3.05, 3.63) is 82.5 Å². The Morgan fingerprint density at radius 1 is 1.06 bits per heavy atom. The first-order valence-electron chi connectivity index (χ1n) is 18.8. The average molecular weight is 760 g/mol. The first-order chi connectivity index (χ1) is 25.6. The highest BCUT2D eigenvalue weighted by Gasteiger charge is 2.44. The van der Waals surface area contributed by atoms with Gasteiger partial charge >= 0.3 is 0 Å². The number of likely N-dealkylation sites (tertiary alicyclic amines) is 1. The number of carbonyl (C=O) groups is 4. The van der Waals surface area contributed by atoms with Crippen LogP contribution < -0.4 is 16.4 Å². The molecule has 5 N–H and O–H groups in total. The zero-order chi connectivity index (χ0) is 39.4. The highest BCUT2D eigenvalue weighted by molar-refractivity contribution is 7.13. The van der Waals surface area contributed by atoms with Gasteiger partial charge in [-0.2, -0.15) is 0 Å². The molecule has 0 bridgehead atoms. The zero-order valence-corrected chi connectivity index (χ0v) is 33.3. The fourth-order valence-corrected chi connectivity index (χ4v) is 7.15. The van der Waals surface area contributed by atoms with Crippen molar-refractivity contribution < 1.29 is 29.0 Å². The third-order valence-electron chi connectivity index (χ3n) is 9.94. The van der Waals surface area contributed by atoms with Crippen molar-refractivity contribution in [1.82, 2.24) is 20.5 Å². The number of β-amino-alcohol motifs (C(OH)–C–C–N with tert-alkyl or cyclic N) is 1. The minimum absolute atomic E-state index is 0.00861. The van der Waals surface area contributed by atoms with Crippen LogP contribution in [0.2, 0.25) is 0 Å². The largest absolute Gasteiger partial charge is 0.391 e. The number of nitrogens with zero attached hydrogens (tertiary/aromatic N) is 2. The molecule has 5 atom stereocenters. The fourth-order valence-electron chi connectivity index (χ4n) is 6.33. The first kappa shape index (κ1) is 42.4. The summed E-state index contributed by atoms with van der Waals surface area (Å²) in [5.41, 5.74) is 11.5. The molecule has 2 heterocycles. The summed E-state index contributed by atoms with van der Waals surface area (Å²) in [6.07, 6.45) is 5.93. The predicted molar refractivity (Wildman–Crippen MR) is 213 cm³/mol. The summed E-state index contributed by atoms with van der Waals surface area (Å²) in [5.74, 6) is -1.02. The number of aliphatic hydroxyl groups is 1. The molecule has 1 saturated heterocycles. The summed E-state index contributed by atoms with van der Waals surface area (Å²) in [6, 6.07) is 14.3. The van der Waals surface area contributed by atoms with E-state index in [0.717, 1.165) is 32.8 Å². The van der Waals surface area contributed by atoms with Crippen molar-refractivity contribution in [3.63, 3.8) is 0 Å². The van der Waals surface area contributed by atoms with Crippen LogP contribution in [0, 0.1) is 18.3 Å². The molecule has 4 rings (SSSR count). The number of aliphatic hydroxyl groups excluding tert-OH is 1. The fraction of sp³-hybridized carbons (Fsp3) is 0.500. The Kier molecular flexibility index (Phi) is 15.5. The number of carbonyl (C=O) groups excluding carboxylic acids is 4. The van der Waals surface area contributed by atoms with Crippen LogP contribution in [0.25, 0.3) is 16.5 Å². The van der Waals surface area contributed by atoms with Crippen molar-refractivity contribution in [1.29, 1.82) is 0 Å². The summed E-state index contributed by atoms with van der Waals surface area (Å²) in [7, 11) is 0. The molecular formula is C42H57N5O6S. The molecule has 0 radical (unpaired) electrons. The van der Waals surface area contributed by atoms with Crippen LogP contribution in [0.1, 0.15) is 95.5 Å². The van der Waals surface area contributed by atoms with Crippen molar-refractivity contribution in [3.8, 4) is 10.4 Å². The molecule has 1 aliphatic rings. The van der Waals surface area contributed by atoms with Gasteiger partial charge in [0, 0.05) is 32.4 Å². The minimum Gasteiger partial charge on any atom is -0.391 e. The number of thiazole rings is 1. The summed E-state index contributed by atoms with van der Waals surface area (Å²) in [5, 5.41) is 16.4. The highest BCUT2D eigenvalue weighted by atomic mass is 32.1. The van der Waals surface area contributed by atoms with E-state index in [1.54, 1.807) is 11.3 Å². The summed E-state index contributed by atoms with van der Waals surface area (Å²) in [6.45, 7) is 12.5. The lowest BCUT2D eigenvalue weighted by molar-refractivity contribution is -0.144. The van der Waals surface area contributed by atoms with E-state index in [-0.39, 0.29) is 61.6 Å². The molecule has 1 aromatic heterocycles. The number of aromatic nitrogens is 1. The molecule has 0 spiro atoms. The third-order valence-corrected chi connectivity index (χ3v) is 10.9. The van der Waals surface area contributed by atoms with Crippen LogP contribution in [0.3, 0.4) is 0 Å². The van der Waals surface area contributed by atoms with E-state index in [2.05, 4.69) is 22.5 Å². The second-order valence-electron chi connectivity index (χ2n) is 15.5. The number of amides is 4. The summed E-state index contributed by atoms with van der Waals surface area (Å²) >= 11 is 1.58. The lowest BCUT2D eigenvalue weighted by atomic mass is 9.85. The normalized spacial score (nSPS) is 17.6. The minimum atomic E-state index is -0.868. The molecule has 292 valence electrons. The third kappa shape index (κ3) is 12.6. The van der Waals surface area contributed by atoms with Gasteiger partial charge in [-0.25, -0.2) is 4.98 Å². The van der Waals surface area contributed by atoms with Gasteiger partial charge in [0.1, 0.15) is 12.1 Å². The number of ether oxygens (including phenoxy) is 1. The molecule has 54 heavy (non-hydrogen) atoms. The van der Waals surface area contributed by atoms with Crippen LogP contribution in [0.5, 0.6) is 0 Å². The van der Waals surface area contributed by atoms with E-state index in [4.69, 9.17) is 10.5 Å². The van der Waals surface area contributed by atoms with Crippen molar-refractivity contribution in [2.75, 3.05) is 6.54 Å². The Labute approximate surface area is 323 Å². The molecule has 1 aliphatic heterocycles. The van der Waals surface area contributed by atoms with Crippen LogP contribution in [-0.4, -0.2) is 69.5 Å². The van der Waals surface area contributed by atoms with Gasteiger partial charge in [-0.1, -0.05) is 88.4 Å². The maximum Gasteiger partial charge on any atom is 0.246 e. The van der Waals surface area contributed by atoms with Gasteiger partial charge in [0.2, 0.25) is 23.6 Å². The number of nitrogens with two attached hydrogens (primary N) is 1. The number of aryl methyl sites for hydroxylation is 1. The molecular weight excluding hydrogens is 703 g/mol. The lowest BCUT2D eigenvalue weighted by Crippen LogP contribution is -2.57. The molecule has 4 amide bonds. The van der Waals surface area contributed by atoms with E-state index >= 15 is 0 Å². The number of nitrogens with one attached hydrogen (secondary N) is 2. The molecule has 2 aromatic carbocycles. The Morgan fingerprint density at radius 2 is 1.74 bits per heavy atom. The number of hydrogen-bond donors (Lipinski definition) is 4. The number of rotatable bonds is 18. The van der Waals surface area contributed by atoms with Gasteiger partial charge in [0.15, 0.2) is 0 Å². The number of benzene rings is 2. The zero-order valence-electron chi connectivity index (χ0n) is 32.5.